The van der Waals surface area contributed by atoms with Gasteiger partial charge in [-0.3, -0.25) is 14.6 Å². The second-order valence-corrected chi connectivity index (χ2v) is 8.85. The van der Waals surface area contributed by atoms with Gasteiger partial charge in [-0.25, -0.2) is 0 Å². The fourth-order valence-corrected chi connectivity index (χ4v) is 5.25. The van der Waals surface area contributed by atoms with E-state index in [0.717, 1.165) is 32.5 Å². The summed E-state index contributed by atoms with van der Waals surface area (Å²) < 4.78 is 5.80. The second-order valence-electron chi connectivity index (χ2n) is 8.85. The summed E-state index contributed by atoms with van der Waals surface area (Å²) in [6, 6.07) is 9.56. The van der Waals surface area contributed by atoms with Crippen molar-refractivity contribution in [2.24, 2.45) is 5.92 Å². The van der Waals surface area contributed by atoms with Gasteiger partial charge >= 0.3 is 5.97 Å². The molecule has 1 atom stereocenters. The van der Waals surface area contributed by atoms with Gasteiger partial charge in [0, 0.05) is 32.3 Å². The van der Waals surface area contributed by atoms with Crippen LogP contribution in [0, 0.1) is 5.92 Å². The quantitative estimate of drug-likeness (QED) is 0.745. The lowest BCUT2D eigenvalue weighted by Crippen LogP contribution is -2.45. The Bertz CT molecular complexity index is 626. The van der Waals surface area contributed by atoms with Crippen LogP contribution in [0.25, 0.3) is 0 Å². The molecule has 0 aromatic heterocycles. The molecule has 0 bridgehead atoms. The Morgan fingerprint density at radius 3 is 2.43 bits per heavy atom. The van der Waals surface area contributed by atoms with E-state index in [9.17, 15) is 4.79 Å². The number of carbonyl (C=O) groups is 1. The smallest absolute Gasteiger partial charge is 0.304 e. The minimum Gasteiger partial charge on any atom is -0.481 e. The van der Waals surface area contributed by atoms with E-state index in [1.165, 1.54) is 49.9 Å². The summed E-state index contributed by atoms with van der Waals surface area (Å²) in [7, 11) is 0. The zero-order valence-electron chi connectivity index (χ0n) is 16.9. The lowest BCUT2D eigenvalue weighted by molar-refractivity contribution is -0.137. The lowest BCUT2D eigenvalue weighted by Gasteiger charge is -2.38. The molecule has 2 fully saturated rings. The van der Waals surface area contributed by atoms with Crippen molar-refractivity contribution in [1.82, 2.24) is 9.80 Å². The number of likely N-dealkylation sites (tertiary alicyclic amines) is 1. The molecule has 5 heteroatoms. The van der Waals surface area contributed by atoms with Gasteiger partial charge in [0.25, 0.3) is 0 Å². The largest absolute Gasteiger partial charge is 0.481 e. The first-order chi connectivity index (χ1) is 13.7. The molecule has 1 aliphatic carbocycles. The molecule has 28 heavy (non-hydrogen) atoms. The van der Waals surface area contributed by atoms with E-state index in [2.05, 4.69) is 34.1 Å². The molecule has 154 valence electrons. The van der Waals surface area contributed by atoms with E-state index >= 15 is 0 Å². The molecule has 2 saturated heterocycles. The van der Waals surface area contributed by atoms with Gasteiger partial charge in [-0.15, -0.1) is 0 Å². The van der Waals surface area contributed by atoms with E-state index in [1.807, 2.05) is 0 Å². The highest BCUT2D eigenvalue weighted by atomic mass is 16.5. The Hall–Kier alpha value is -1.43. The molecule has 1 N–H and O–H groups in total. The number of piperidine rings is 1. The molecule has 0 spiro atoms. The lowest BCUT2D eigenvalue weighted by atomic mass is 9.94. The first kappa shape index (κ1) is 19.9. The van der Waals surface area contributed by atoms with Gasteiger partial charge < -0.3 is 9.84 Å². The highest BCUT2D eigenvalue weighted by molar-refractivity contribution is 5.66. The minimum atomic E-state index is -0.701. The average molecular weight is 387 g/mol. The molecule has 4 rings (SSSR count). The van der Waals surface area contributed by atoms with E-state index in [-0.39, 0.29) is 6.42 Å². The summed E-state index contributed by atoms with van der Waals surface area (Å²) in [6.45, 7) is 5.77. The predicted octanol–water partition coefficient (Wildman–Crippen LogP) is 2.82. The monoisotopic (exact) mass is 386 g/mol. The van der Waals surface area contributed by atoms with Crippen LogP contribution in [0.2, 0.25) is 0 Å². The fourth-order valence-electron chi connectivity index (χ4n) is 5.25. The van der Waals surface area contributed by atoms with Gasteiger partial charge in [0.05, 0.1) is 12.5 Å². The molecule has 0 radical (unpaired) electrons. The number of aliphatic carboxylic acids is 1. The maximum atomic E-state index is 11.1. The predicted molar refractivity (Wildman–Crippen MR) is 110 cm³/mol. The third-order valence-corrected chi connectivity index (χ3v) is 6.84. The van der Waals surface area contributed by atoms with Gasteiger partial charge in [-0.2, -0.15) is 0 Å². The summed E-state index contributed by atoms with van der Waals surface area (Å²) in [5.74, 6) is -0.0248. The molecule has 0 saturated carbocycles. The van der Waals surface area contributed by atoms with Crippen molar-refractivity contribution in [3.63, 3.8) is 0 Å². The molecule has 2 aliphatic heterocycles. The van der Waals surface area contributed by atoms with Gasteiger partial charge in [-0.1, -0.05) is 24.3 Å². The number of ether oxygens (including phenoxy) is 1. The number of hydrogen-bond donors (Lipinski definition) is 1. The van der Waals surface area contributed by atoms with E-state index in [4.69, 9.17) is 9.84 Å². The highest BCUT2D eigenvalue weighted by Gasteiger charge is 2.30. The van der Waals surface area contributed by atoms with Crippen LogP contribution in [0.3, 0.4) is 0 Å². The van der Waals surface area contributed by atoms with Crippen molar-refractivity contribution >= 4 is 5.97 Å². The van der Waals surface area contributed by atoms with Crippen molar-refractivity contribution in [3.05, 3.63) is 35.4 Å². The van der Waals surface area contributed by atoms with E-state index in [1.54, 1.807) is 0 Å². The zero-order chi connectivity index (χ0) is 19.3. The molecule has 1 unspecified atom stereocenters. The van der Waals surface area contributed by atoms with Gasteiger partial charge in [0.1, 0.15) is 0 Å². The summed E-state index contributed by atoms with van der Waals surface area (Å²) in [5, 5.41) is 9.09. The number of carboxylic acid groups (broad SMARTS) is 1. The SMILES string of the molecule is O=C(O)CCN(CC1CCN(C2Cc3ccccc3C2)CC1)CC1CCCO1. The van der Waals surface area contributed by atoms with E-state index in [0.29, 0.717) is 24.6 Å². The molecule has 5 nitrogen and oxygen atoms in total. The van der Waals surface area contributed by atoms with Crippen molar-refractivity contribution < 1.29 is 14.6 Å². The molecular weight excluding hydrogens is 352 g/mol. The number of benzene rings is 1. The number of carboxylic acids is 1. The minimum absolute atomic E-state index is 0.228. The third-order valence-electron chi connectivity index (χ3n) is 6.84. The summed E-state index contributed by atoms with van der Waals surface area (Å²) in [4.78, 5) is 16.1. The second kappa shape index (κ2) is 9.38. The standard InChI is InChI=1S/C23H34N2O3/c26-23(27)9-10-24(17-22-6-3-13-28-22)16-18-7-11-25(12-8-18)21-14-19-4-1-2-5-20(19)15-21/h1-2,4-5,18,21-22H,3,6-17H2,(H,26,27). The molecule has 0 amide bonds. The van der Waals surface area contributed by atoms with Crippen molar-refractivity contribution in [2.75, 3.05) is 39.3 Å². The number of rotatable bonds is 8. The first-order valence-electron chi connectivity index (χ1n) is 11.0. The topological polar surface area (TPSA) is 53.0 Å². The average Bonchev–Trinajstić information content (AvgIpc) is 3.36. The Labute approximate surface area is 168 Å². The Morgan fingerprint density at radius 2 is 1.82 bits per heavy atom. The van der Waals surface area contributed by atoms with Gasteiger partial charge in [-0.05, 0) is 68.7 Å². The van der Waals surface area contributed by atoms with Crippen LogP contribution in [0.4, 0.5) is 0 Å². The third kappa shape index (κ3) is 5.13. The van der Waals surface area contributed by atoms with Crippen LogP contribution >= 0.6 is 0 Å². The maximum absolute atomic E-state index is 11.1. The Balaban J connectivity index is 1.25. The van der Waals surface area contributed by atoms with Crippen LogP contribution in [0.1, 0.15) is 43.2 Å². The van der Waals surface area contributed by atoms with Crippen LogP contribution in [0.5, 0.6) is 0 Å². The normalized spacial score (nSPS) is 24.1. The van der Waals surface area contributed by atoms with Crippen molar-refractivity contribution in [3.8, 4) is 0 Å². The molecular formula is C23H34N2O3. The Kier molecular flexibility index (Phi) is 6.65. The number of hydrogen-bond acceptors (Lipinski definition) is 4. The van der Waals surface area contributed by atoms with Crippen LogP contribution in [-0.2, 0) is 22.4 Å². The summed E-state index contributed by atoms with van der Waals surface area (Å²) in [6.07, 6.45) is 7.63. The van der Waals surface area contributed by atoms with Crippen molar-refractivity contribution in [2.45, 2.75) is 57.1 Å². The molecule has 2 heterocycles. The van der Waals surface area contributed by atoms with Crippen LogP contribution in [0.15, 0.2) is 24.3 Å². The highest BCUT2D eigenvalue weighted by Crippen LogP contribution is 2.29. The summed E-state index contributed by atoms with van der Waals surface area (Å²) in [5.41, 5.74) is 3.07. The van der Waals surface area contributed by atoms with Crippen molar-refractivity contribution in [1.29, 1.82) is 0 Å². The van der Waals surface area contributed by atoms with Gasteiger partial charge in [0.2, 0.25) is 0 Å². The van der Waals surface area contributed by atoms with Gasteiger partial charge in [0.15, 0.2) is 0 Å². The number of fused-ring (bicyclic) bond motifs is 1. The zero-order valence-corrected chi connectivity index (χ0v) is 16.9. The van der Waals surface area contributed by atoms with Crippen LogP contribution in [-0.4, -0.2) is 72.4 Å². The maximum Gasteiger partial charge on any atom is 0.304 e. The first-order valence-corrected chi connectivity index (χ1v) is 11.0. The Morgan fingerprint density at radius 1 is 1.11 bits per heavy atom. The molecule has 1 aromatic carbocycles. The van der Waals surface area contributed by atoms with Crippen LogP contribution < -0.4 is 0 Å². The fraction of sp³-hybridized carbons (Fsp3) is 0.696. The number of nitrogens with zero attached hydrogens (tertiary/aromatic N) is 2. The summed E-state index contributed by atoms with van der Waals surface area (Å²) >= 11 is 0. The molecule has 3 aliphatic rings. The molecule has 1 aromatic rings. The van der Waals surface area contributed by atoms with E-state index < -0.39 is 5.97 Å².